The molecule has 112 valence electrons. The second-order valence-electron chi connectivity index (χ2n) is 4.46. The number of piperazine rings is 1. The summed E-state index contributed by atoms with van der Waals surface area (Å²) in [5.41, 5.74) is -0.183. The maximum atomic E-state index is 11.9. The second kappa shape index (κ2) is 5.96. The van der Waals surface area contributed by atoms with Crippen molar-refractivity contribution in [2.75, 3.05) is 18.0 Å². The average molecular weight is 314 g/mol. The number of carboxylic acids is 1. The molecule has 0 saturated carbocycles. The molecule has 2 N–H and O–H groups in total. The Hall–Kier alpha value is -2.35. The Morgan fingerprint density at radius 1 is 1.57 bits per heavy atom. The molecule has 1 aliphatic heterocycles. The molecule has 1 amide bonds. The second-order valence-corrected chi connectivity index (χ2v) is 4.87. The van der Waals surface area contributed by atoms with E-state index in [1.165, 1.54) is 23.1 Å². The normalized spacial score (nSPS) is 18.2. The number of nitrogens with one attached hydrogen (secondary N) is 1. The minimum Gasteiger partial charge on any atom is -0.481 e. The van der Waals surface area contributed by atoms with Crippen LogP contribution in [-0.2, 0) is 9.59 Å². The first-order valence-corrected chi connectivity index (χ1v) is 6.48. The summed E-state index contributed by atoms with van der Waals surface area (Å²) in [5, 5.41) is 22.6. The van der Waals surface area contributed by atoms with Gasteiger partial charge in [-0.2, -0.15) is 0 Å². The van der Waals surface area contributed by atoms with E-state index in [4.69, 9.17) is 16.7 Å². The molecule has 8 nitrogen and oxygen atoms in total. The van der Waals surface area contributed by atoms with Gasteiger partial charge in [-0.1, -0.05) is 17.7 Å². The van der Waals surface area contributed by atoms with Crippen molar-refractivity contribution in [2.45, 2.75) is 12.5 Å². The Morgan fingerprint density at radius 3 is 2.90 bits per heavy atom. The van der Waals surface area contributed by atoms with Crippen molar-refractivity contribution in [3.05, 3.63) is 33.3 Å². The number of hydrogen-bond acceptors (Lipinski definition) is 5. The zero-order valence-corrected chi connectivity index (χ0v) is 11.5. The molecule has 21 heavy (non-hydrogen) atoms. The largest absolute Gasteiger partial charge is 0.481 e. The maximum Gasteiger partial charge on any atom is 0.310 e. The fraction of sp³-hybridized carbons (Fsp3) is 0.333. The number of carbonyl (C=O) groups excluding carboxylic acids is 1. The number of anilines is 1. The summed E-state index contributed by atoms with van der Waals surface area (Å²) in [6.07, 6.45) is -0.449. The van der Waals surface area contributed by atoms with Gasteiger partial charge in [-0.05, 0) is 12.1 Å². The van der Waals surface area contributed by atoms with Crippen LogP contribution in [0.4, 0.5) is 11.4 Å². The van der Waals surface area contributed by atoms with Crippen LogP contribution in [-0.4, -0.2) is 41.0 Å². The Kier molecular flexibility index (Phi) is 4.27. The van der Waals surface area contributed by atoms with E-state index in [-0.39, 0.29) is 29.5 Å². The first-order valence-electron chi connectivity index (χ1n) is 6.11. The van der Waals surface area contributed by atoms with Crippen molar-refractivity contribution >= 4 is 34.9 Å². The van der Waals surface area contributed by atoms with Crippen LogP contribution >= 0.6 is 11.6 Å². The highest BCUT2D eigenvalue weighted by Crippen LogP contribution is 2.36. The number of halogens is 1. The molecular weight excluding hydrogens is 302 g/mol. The number of nitro groups is 1. The first kappa shape index (κ1) is 15.0. The summed E-state index contributed by atoms with van der Waals surface area (Å²) >= 11 is 5.85. The molecule has 0 aromatic heterocycles. The molecule has 1 fully saturated rings. The maximum absolute atomic E-state index is 11.9. The number of rotatable bonds is 4. The van der Waals surface area contributed by atoms with Gasteiger partial charge in [-0.25, -0.2) is 0 Å². The lowest BCUT2D eigenvalue weighted by Crippen LogP contribution is -2.56. The molecule has 2 rings (SSSR count). The lowest BCUT2D eigenvalue weighted by molar-refractivity contribution is -0.384. The molecule has 1 heterocycles. The highest BCUT2D eigenvalue weighted by molar-refractivity contribution is 6.33. The van der Waals surface area contributed by atoms with Crippen LogP contribution in [0.1, 0.15) is 6.42 Å². The van der Waals surface area contributed by atoms with E-state index in [0.29, 0.717) is 0 Å². The molecule has 1 atom stereocenters. The van der Waals surface area contributed by atoms with E-state index >= 15 is 0 Å². The highest BCUT2D eigenvalue weighted by atomic mass is 35.5. The van der Waals surface area contributed by atoms with Crippen molar-refractivity contribution in [1.29, 1.82) is 0 Å². The minimum absolute atomic E-state index is 0.0578. The fourth-order valence-electron chi connectivity index (χ4n) is 2.29. The number of nitro benzene ring substituents is 1. The molecule has 0 spiro atoms. The van der Waals surface area contributed by atoms with E-state index in [9.17, 15) is 19.7 Å². The van der Waals surface area contributed by atoms with E-state index < -0.39 is 29.3 Å². The van der Waals surface area contributed by atoms with Gasteiger partial charge < -0.3 is 15.3 Å². The van der Waals surface area contributed by atoms with Crippen LogP contribution in [0.15, 0.2) is 18.2 Å². The van der Waals surface area contributed by atoms with Crippen LogP contribution in [0.3, 0.4) is 0 Å². The summed E-state index contributed by atoms with van der Waals surface area (Å²) in [7, 11) is 0. The van der Waals surface area contributed by atoms with Gasteiger partial charge in [0.1, 0.15) is 16.8 Å². The number of para-hydroxylation sites is 1. The van der Waals surface area contributed by atoms with Gasteiger partial charge >= 0.3 is 11.7 Å². The molecule has 1 aromatic carbocycles. The van der Waals surface area contributed by atoms with Crippen LogP contribution in [0.25, 0.3) is 0 Å². The van der Waals surface area contributed by atoms with Crippen molar-refractivity contribution in [1.82, 2.24) is 5.32 Å². The SMILES string of the molecule is O=C(O)CC1C(=O)NCCN1c1cccc(Cl)c1[N+](=O)[O-]. The Morgan fingerprint density at radius 2 is 2.29 bits per heavy atom. The molecule has 0 aliphatic carbocycles. The van der Waals surface area contributed by atoms with Gasteiger partial charge in [0, 0.05) is 13.1 Å². The molecule has 9 heteroatoms. The lowest BCUT2D eigenvalue weighted by atomic mass is 10.1. The molecule has 0 radical (unpaired) electrons. The fourth-order valence-corrected chi connectivity index (χ4v) is 2.53. The smallest absolute Gasteiger partial charge is 0.310 e. The lowest BCUT2D eigenvalue weighted by Gasteiger charge is -2.35. The van der Waals surface area contributed by atoms with Crippen molar-refractivity contribution in [3.8, 4) is 0 Å². The van der Waals surface area contributed by atoms with Gasteiger partial charge in [-0.3, -0.25) is 19.7 Å². The monoisotopic (exact) mass is 313 g/mol. The Labute approximate surface area is 124 Å². The molecule has 1 unspecified atom stereocenters. The quantitative estimate of drug-likeness (QED) is 0.634. The number of nitrogens with zero attached hydrogens (tertiary/aromatic N) is 2. The van der Waals surface area contributed by atoms with Gasteiger partial charge in [0.2, 0.25) is 5.91 Å². The average Bonchev–Trinajstić information content (AvgIpc) is 2.40. The number of aliphatic carboxylic acids is 1. The minimum atomic E-state index is -1.16. The number of hydrogen-bond donors (Lipinski definition) is 2. The summed E-state index contributed by atoms with van der Waals surface area (Å²) in [6.45, 7) is 0.545. The molecular formula is C12H12ClN3O5. The number of benzene rings is 1. The van der Waals surface area contributed by atoms with Crippen LogP contribution in [0.5, 0.6) is 0 Å². The van der Waals surface area contributed by atoms with Gasteiger partial charge in [0.25, 0.3) is 0 Å². The summed E-state index contributed by atoms with van der Waals surface area (Å²) < 4.78 is 0. The van der Waals surface area contributed by atoms with E-state index in [1.807, 2.05) is 0 Å². The molecule has 1 saturated heterocycles. The standard InChI is InChI=1S/C12H12ClN3O5/c13-7-2-1-3-8(11(7)16(20)21)15-5-4-14-12(19)9(15)6-10(17)18/h1-3,9H,4-6H2,(H,14,19)(H,17,18). The van der Waals surface area contributed by atoms with E-state index in [2.05, 4.69) is 5.32 Å². The van der Waals surface area contributed by atoms with Crippen LogP contribution in [0, 0.1) is 10.1 Å². The zero-order chi connectivity index (χ0) is 15.6. The molecule has 1 aromatic rings. The highest BCUT2D eigenvalue weighted by Gasteiger charge is 2.35. The van der Waals surface area contributed by atoms with Gasteiger partial charge in [0.15, 0.2) is 0 Å². The third-order valence-electron chi connectivity index (χ3n) is 3.16. The third kappa shape index (κ3) is 3.05. The number of carboxylic acid groups (broad SMARTS) is 1. The third-order valence-corrected chi connectivity index (χ3v) is 3.46. The topological polar surface area (TPSA) is 113 Å². The van der Waals surface area contributed by atoms with Crippen molar-refractivity contribution in [2.24, 2.45) is 0 Å². The molecule has 0 bridgehead atoms. The summed E-state index contributed by atoms with van der Waals surface area (Å²) in [4.78, 5) is 34.7. The number of carbonyl (C=O) groups is 2. The summed E-state index contributed by atoms with van der Waals surface area (Å²) in [6, 6.07) is 3.35. The van der Waals surface area contributed by atoms with Crippen LogP contribution < -0.4 is 10.2 Å². The van der Waals surface area contributed by atoms with Crippen molar-refractivity contribution in [3.63, 3.8) is 0 Å². The van der Waals surface area contributed by atoms with Gasteiger partial charge in [-0.15, -0.1) is 0 Å². The molecule has 1 aliphatic rings. The Bertz CT molecular complexity index is 607. The zero-order valence-electron chi connectivity index (χ0n) is 10.8. The first-order chi connectivity index (χ1) is 9.91. The van der Waals surface area contributed by atoms with E-state index in [1.54, 1.807) is 0 Å². The number of amides is 1. The van der Waals surface area contributed by atoms with Gasteiger partial charge in [0.05, 0.1) is 11.3 Å². The van der Waals surface area contributed by atoms with Crippen molar-refractivity contribution < 1.29 is 19.6 Å². The Balaban J connectivity index is 2.47. The predicted molar refractivity (Wildman–Crippen MR) is 74.5 cm³/mol. The summed E-state index contributed by atoms with van der Waals surface area (Å²) in [5.74, 6) is -1.63. The van der Waals surface area contributed by atoms with Crippen LogP contribution in [0.2, 0.25) is 5.02 Å². The predicted octanol–water partition coefficient (Wildman–Crippen LogP) is 1.03. The van der Waals surface area contributed by atoms with E-state index in [0.717, 1.165) is 0 Å².